The molecule has 5 rings (SSSR count). The summed E-state index contributed by atoms with van der Waals surface area (Å²) in [6.45, 7) is 4.43. The van der Waals surface area contributed by atoms with E-state index < -0.39 is 21.0 Å². The van der Waals surface area contributed by atoms with E-state index >= 15 is 0 Å². The molecule has 0 aromatic rings. The van der Waals surface area contributed by atoms with Crippen LogP contribution < -0.4 is 0 Å². The summed E-state index contributed by atoms with van der Waals surface area (Å²) in [7, 11) is -5.61. The number of halogens is 3. The second kappa shape index (κ2) is 7.64. The number of alkyl halides is 3. The molecule has 0 amide bonds. The van der Waals surface area contributed by atoms with Gasteiger partial charge in [-0.3, -0.25) is 0 Å². The lowest BCUT2D eigenvalue weighted by Crippen LogP contribution is -2.50. The molecule has 176 valence electrons. The molecule has 0 spiro atoms. The van der Waals surface area contributed by atoms with E-state index in [0.717, 1.165) is 37.1 Å². The highest BCUT2D eigenvalue weighted by atomic mass is 32.2. The summed E-state index contributed by atoms with van der Waals surface area (Å²) in [6.07, 6.45) is 12.8. The topological polar surface area (TPSA) is 46.6 Å². The SMILES string of the molecule is CC12CCC3C4CCC(N5CCCC5)CC4CCC3C1CC=C2OS(=O)(=O)C(F)(F)F. The van der Waals surface area contributed by atoms with Crippen LogP contribution in [-0.2, 0) is 14.3 Å². The molecule has 0 aromatic heterocycles. The fourth-order valence-electron chi connectivity index (χ4n) is 8.09. The van der Waals surface area contributed by atoms with Gasteiger partial charge in [-0.1, -0.05) is 6.92 Å². The summed E-state index contributed by atoms with van der Waals surface area (Å²) in [5, 5.41) is 0. The summed E-state index contributed by atoms with van der Waals surface area (Å²) in [5.41, 5.74) is -5.98. The standard InChI is InChI=1S/C23H34F3NO3S/c1-22-11-10-18-17-7-5-16(27-12-2-3-13-27)14-15(17)4-6-19(18)20(22)8-9-21(22)30-31(28,29)23(24,25)26/h9,15-20H,2-8,10-14H2,1H3. The van der Waals surface area contributed by atoms with E-state index in [0.29, 0.717) is 18.3 Å². The van der Waals surface area contributed by atoms with Crippen molar-refractivity contribution in [3.05, 3.63) is 11.8 Å². The Morgan fingerprint density at radius 2 is 1.74 bits per heavy atom. The Bertz CT molecular complexity index is 835. The van der Waals surface area contributed by atoms with Gasteiger partial charge < -0.3 is 9.08 Å². The predicted molar refractivity (Wildman–Crippen MR) is 111 cm³/mol. The maximum absolute atomic E-state index is 12.9. The van der Waals surface area contributed by atoms with Crippen LogP contribution in [0.3, 0.4) is 0 Å². The number of hydrogen-bond acceptors (Lipinski definition) is 4. The molecule has 0 N–H and O–H groups in total. The first kappa shape index (κ1) is 22.1. The van der Waals surface area contributed by atoms with Crippen molar-refractivity contribution in [3.63, 3.8) is 0 Å². The van der Waals surface area contributed by atoms with Crippen molar-refractivity contribution >= 4 is 10.1 Å². The molecule has 4 aliphatic carbocycles. The summed E-state index contributed by atoms with van der Waals surface area (Å²) in [6, 6.07) is 0.745. The molecule has 4 nitrogen and oxygen atoms in total. The van der Waals surface area contributed by atoms with E-state index in [9.17, 15) is 21.6 Å². The molecule has 5 aliphatic rings. The molecule has 7 atom stereocenters. The van der Waals surface area contributed by atoms with E-state index in [1.807, 2.05) is 6.92 Å². The Morgan fingerprint density at radius 1 is 1.03 bits per heavy atom. The lowest BCUT2D eigenvalue weighted by molar-refractivity contribution is -0.0673. The van der Waals surface area contributed by atoms with Gasteiger partial charge in [0.05, 0.1) is 0 Å². The molecule has 3 saturated carbocycles. The van der Waals surface area contributed by atoms with Crippen molar-refractivity contribution in [2.75, 3.05) is 13.1 Å². The van der Waals surface area contributed by atoms with Crippen LogP contribution in [0.4, 0.5) is 13.2 Å². The van der Waals surface area contributed by atoms with Crippen LogP contribution in [0.5, 0.6) is 0 Å². The number of rotatable bonds is 3. The van der Waals surface area contributed by atoms with Crippen molar-refractivity contribution < 1.29 is 25.8 Å². The predicted octanol–water partition coefficient (Wildman–Crippen LogP) is 5.46. The Balaban J connectivity index is 1.28. The van der Waals surface area contributed by atoms with E-state index in [1.54, 1.807) is 6.08 Å². The Kier molecular flexibility index (Phi) is 5.44. The lowest BCUT2D eigenvalue weighted by atomic mass is 9.50. The van der Waals surface area contributed by atoms with Gasteiger partial charge in [0.25, 0.3) is 0 Å². The maximum Gasteiger partial charge on any atom is 0.534 e. The molecular weight excluding hydrogens is 427 g/mol. The first-order valence-corrected chi connectivity index (χ1v) is 13.5. The normalized spacial score (nSPS) is 43.7. The second-order valence-electron chi connectivity index (χ2n) is 10.9. The molecule has 7 unspecified atom stereocenters. The van der Waals surface area contributed by atoms with Crippen molar-refractivity contribution in [1.29, 1.82) is 0 Å². The molecule has 1 aliphatic heterocycles. The minimum absolute atomic E-state index is 0.0353. The van der Waals surface area contributed by atoms with Gasteiger partial charge >= 0.3 is 15.6 Å². The van der Waals surface area contributed by atoms with E-state index in [2.05, 4.69) is 4.90 Å². The van der Waals surface area contributed by atoms with Crippen LogP contribution in [0.2, 0.25) is 0 Å². The number of nitrogens with zero attached hydrogens (tertiary/aromatic N) is 1. The maximum atomic E-state index is 12.9. The van der Waals surface area contributed by atoms with E-state index in [-0.39, 0.29) is 11.7 Å². The number of likely N-dealkylation sites (tertiary alicyclic amines) is 1. The number of fused-ring (bicyclic) bond motifs is 5. The smallest absolute Gasteiger partial charge is 0.380 e. The van der Waals surface area contributed by atoms with Gasteiger partial charge in [0.2, 0.25) is 0 Å². The van der Waals surface area contributed by atoms with Gasteiger partial charge in [-0.05, 0) is 113 Å². The van der Waals surface area contributed by atoms with Gasteiger partial charge in [0, 0.05) is 11.5 Å². The summed E-state index contributed by atoms with van der Waals surface area (Å²) in [5.74, 6) is 2.83. The Morgan fingerprint density at radius 3 is 2.45 bits per heavy atom. The van der Waals surface area contributed by atoms with Crippen LogP contribution >= 0.6 is 0 Å². The summed E-state index contributed by atoms with van der Waals surface area (Å²) in [4.78, 5) is 2.70. The van der Waals surface area contributed by atoms with Gasteiger partial charge in [-0.15, -0.1) is 0 Å². The van der Waals surface area contributed by atoms with Crippen LogP contribution in [0.1, 0.15) is 71.1 Å². The molecule has 1 heterocycles. The molecule has 4 fully saturated rings. The minimum Gasteiger partial charge on any atom is -0.380 e. The van der Waals surface area contributed by atoms with Gasteiger partial charge in [-0.25, -0.2) is 0 Å². The Labute approximate surface area is 183 Å². The average molecular weight is 462 g/mol. The molecule has 0 radical (unpaired) electrons. The third-order valence-electron chi connectivity index (χ3n) is 9.58. The van der Waals surface area contributed by atoms with Gasteiger partial charge in [0.15, 0.2) is 0 Å². The van der Waals surface area contributed by atoms with E-state index in [4.69, 9.17) is 4.18 Å². The monoisotopic (exact) mass is 461 g/mol. The largest absolute Gasteiger partial charge is 0.534 e. The van der Waals surface area contributed by atoms with Crippen molar-refractivity contribution in [2.24, 2.45) is 35.0 Å². The fraction of sp³-hybridized carbons (Fsp3) is 0.913. The fourth-order valence-corrected chi connectivity index (χ4v) is 8.68. The molecule has 0 bridgehead atoms. The van der Waals surface area contributed by atoms with Crippen molar-refractivity contribution in [1.82, 2.24) is 4.90 Å². The van der Waals surface area contributed by atoms with Crippen LogP contribution in [0.15, 0.2) is 11.8 Å². The zero-order valence-electron chi connectivity index (χ0n) is 18.2. The second-order valence-corrected chi connectivity index (χ2v) is 12.4. The highest BCUT2D eigenvalue weighted by molar-refractivity contribution is 7.87. The summed E-state index contributed by atoms with van der Waals surface area (Å²) < 4.78 is 66.7. The number of hydrogen-bond donors (Lipinski definition) is 0. The van der Waals surface area contributed by atoms with Crippen LogP contribution in [0, 0.1) is 35.0 Å². The highest BCUT2D eigenvalue weighted by Crippen LogP contribution is 2.63. The molecule has 31 heavy (non-hydrogen) atoms. The van der Waals surface area contributed by atoms with Crippen molar-refractivity contribution in [2.45, 2.75) is 82.7 Å². The molecule has 8 heteroatoms. The minimum atomic E-state index is -5.61. The van der Waals surface area contributed by atoms with Crippen molar-refractivity contribution in [3.8, 4) is 0 Å². The quantitative estimate of drug-likeness (QED) is 0.413. The van der Waals surface area contributed by atoms with Crippen LogP contribution in [0.25, 0.3) is 0 Å². The van der Waals surface area contributed by atoms with E-state index in [1.165, 1.54) is 51.6 Å². The summed E-state index contributed by atoms with van der Waals surface area (Å²) >= 11 is 0. The van der Waals surface area contributed by atoms with Crippen LogP contribution in [-0.4, -0.2) is 38.0 Å². The van der Waals surface area contributed by atoms with Gasteiger partial charge in [0.1, 0.15) is 5.76 Å². The van der Waals surface area contributed by atoms with Gasteiger partial charge in [-0.2, -0.15) is 21.6 Å². The first-order chi connectivity index (χ1) is 14.6. The number of allylic oxidation sites excluding steroid dienone is 2. The average Bonchev–Trinajstić information content (AvgIpc) is 3.35. The Hall–Kier alpha value is -0.760. The third kappa shape index (κ3) is 3.64. The zero-order chi connectivity index (χ0) is 22.0. The highest BCUT2D eigenvalue weighted by Gasteiger charge is 2.58. The third-order valence-corrected chi connectivity index (χ3v) is 10.5. The molecular formula is C23H34F3NO3S. The molecule has 1 saturated heterocycles. The molecule has 0 aromatic carbocycles. The zero-order valence-corrected chi connectivity index (χ0v) is 19.1. The lowest BCUT2D eigenvalue weighted by Gasteiger charge is -2.56. The first-order valence-electron chi connectivity index (χ1n) is 12.1.